The first-order valence-electron chi connectivity index (χ1n) is 6.54. The van der Waals surface area contributed by atoms with E-state index in [1.807, 2.05) is 0 Å². The lowest BCUT2D eigenvalue weighted by atomic mass is 9.98. The summed E-state index contributed by atoms with van der Waals surface area (Å²) in [5.41, 5.74) is 8.43. The van der Waals surface area contributed by atoms with Gasteiger partial charge >= 0.3 is 0 Å². The number of carbonyl (C=O) groups excluding carboxylic acids is 1. The van der Waals surface area contributed by atoms with Crippen molar-refractivity contribution in [2.45, 2.75) is 57.1 Å². The maximum absolute atomic E-state index is 12.1. The van der Waals surface area contributed by atoms with Crippen molar-refractivity contribution in [2.24, 2.45) is 5.11 Å². The number of hydrogen-bond donors (Lipinski definition) is 0. The predicted octanol–water partition coefficient (Wildman–Crippen LogP) is 1.54. The fourth-order valence-electron chi connectivity index (χ4n) is 2.52. The lowest BCUT2D eigenvalue weighted by Crippen LogP contribution is -2.48. The van der Waals surface area contributed by atoms with Gasteiger partial charge in [0.05, 0.1) is 12.6 Å². The van der Waals surface area contributed by atoms with Crippen molar-refractivity contribution in [1.82, 2.24) is 0 Å². The highest BCUT2D eigenvalue weighted by atomic mass is 16.8. The average molecular weight is 285 g/mol. The Morgan fingerprint density at radius 2 is 2.25 bits per heavy atom. The summed E-state index contributed by atoms with van der Waals surface area (Å²) in [5.74, 6) is -0.889. The monoisotopic (exact) mass is 285 g/mol. The third-order valence-electron chi connectivity index (χ3n) is 3.35. The van der Waals surface area contributed by atoms with Crippen molar-refractivity contribution in [2.75, 3.05) is 13.7 Å². The zero-order valence-electron chi connectivity index (χ0n) is 11.8. The summed E-state index contributed by atoms with van der Waals surface area (Å²) >= 11 is 0. The zero-order chi connectivity index (χ0) is 14.8. The summed E-state index contributed by atoms with van der Waals surface area (Å²) in [6.45, 7) is 3.59. The van der Waals surface area contributed by atoms with Crippen LogP contribution in [0.3, 0.4) is 0 Å². The second-order valence-electron chi connectivity index (χ2n) is 5.28. The van der Waals surface area contributed by atoms with E-state index in [9.17, 15) is 4.79 Å². The molecule has 20 heavy (non-hydrogen) atoms. The molecule has 0 aromatic carbocycles. The number of ether oxygens (including phenoxy) is 4. The lowest BCUT2D eigenvalue weighted by molar-refractivity contribution is -0.214. The smallest absolute Gasteiger partial charge is 0.164 e. The first-order chi connectivity index (χ1) is 9.46. The van der Waals surface area contributed by atoms with Crippen molar-refractivity contribution in [3.63, 3.8) is 0 Å². The second-order valence-corrected chi connectivity index (χ2v) is 5.28. The van der Waals surface area contributed by atoms with Gasteiger partial charge in [0.15, 0.2) is 17.9 Å². The Labute approximate surface area is 116 Å². The number of rotatable bonds is 4. The maximum Gasteiger partial charge on any atom is 0.164 e. The molecule has 2 saturated heterocycles. The Morgan fingerprint density at radius 3 is 2.90 bits per heavy atom. The Balaban J connectivity index is 2.14. The summed E-state index contributed by atoms with van der Waals surface area (Å²) in [6.07, 6.45) is -1.38. The Kier molecular flexibility index (Phi) is 4.62. The minimum atomic E-state index is -0.843. The summed E-state index contributed by atoms with van der Waals surface area (Å²) in [6, 6.07) is 0. The van der Waals surface area contributed by atoms with Gasteiger partial charge in [-0.15, -0.1) is 0 Å². The van der Waals surface area contributed by atoms with Gasteiger partial charge in [-0.25, -0.2) is 0 Å². The van der Waals surface area contributed by atoms with Crippen molar-refractivity contribution in [1.29, 1.82) is 0 Å². The molecule has 2 aliphatic rings. The van der Waals surface area contributed by atoms with Crippen molar-refractivity contribution in [3.05, 3.63) is 10.4 Å². The van der Waals surface area contributed by atoms with Crippen LogP contribution in [0.1, 0.15) is 26.7 Å². The van der Waals surface area contributed by atoms with Crippen LogP contribution in [0.25, 0.3) is 10.4 Å². The number of methoxy groups -OCH3 is 1. The topological polar surface area (TPSA) is 103 Å². The van der Waals surface area contributed by atoms with E-state index in [1.54, 1.807) is 13.8 Å². The Morgan fingerprint density at radius 1 is 1.50 bits per heavy atom. The first-order valence-corrected chi connectivity index (χ1v) is 6.54. The van der Waals surface area contributed by atoms with E-state index in [1.165, 1.54) is 7.11 Å². The minimum absolute atomic E-state index is 0.0458. The van der Waals surface area contributed by atoms with Crippen LogP contribution in [0.4, 0.5) is 0 Å². The van der Waals surface area contributed by atoms with E-state index in [0.29, 0.717) is 12.8 Å². The highest BCUT2D eigenvalue weighted by Gasteiger charge is 2.49. The fourth-order valence-corrected chi connectivity index (χ4v) is 2.52. The number of Topliss-reactive ketones (excluding diaryl/α,β-unsaturated/α-hetero) is 1. The summed E-state index contributed by atoms with van der Waals surface area (Å²) in [5, 5.41) is 3.51. The summed E-state index contributed by atoms with van der Waals surface area (Å²) in [4.78, 5) is 14.8. The third kappa shape index (κ3) is 3.28. The SMILES string of the molecule is CO[C@H]1CCC(=O)[C@H]([C@@H]2OC(C)(C)O[C@H]2CN=[N+]=[N-])O1. The van der Waals surface area contributed by atoms with Gasteiger partial charge < -0.3 is 18.9 Å². The molecule has 2 aliphatic heterocycles. The Hall–Kier alpha value is -1.18. The molecule has 0 amide bonds. The number of nitrogens with zero attached hydrogens (tertiary/aromatic N) is 3. The van der Waals surface area contributed by atoms with Crippen molar-refractivity contribution >= 4 is 5.78 Å². The van der Waals surface area contributed by atoms with Crippen molar-refractivity contribution < 1.29 is 23.7 Å². The lowest BCUT2D eigenvalue weighted by Gasteiger charge is -2.32. The molecule has 8 heteroatoms. The van der Waals surface area contributed by atoms with Crippen molar-refractivity contribution in [3.8, 4) is 0 Å². The molecule has 0 radical (unpaired) electrons. The van der Waals surface area contributed by atoms with Gasteiger partial charge in [-0.1, -0.05) is 5.11 Å². The maximum atomic E-state index is 12.1. The van der Waals surface area contributed by atoms with Crippen LogP contribution in [0, 0.1) is 0 Å². The second kappa shape index (κ2) is 6.07. The highest BCUT2D eigenvalue weighted by Crippen LogP contribution is 2.34. The normalized spacial score (nSPS) is 36.6. The molecule has 0 unspecified atom stereocenters. The molecular formula is C12H19N3O5. The van der Waals surface area contributed by atoms with Crippen LogP contribution >= 0.6 is 0 Å². The van der Waals surface area contributed by atoms with Crippen LogP contribution < -0.4 is 0 Å². The van der Waals surface area contributed by atoms with E-state index in [4.69, 9.17) is 24.5 Å². The number of ketones is 1. The molecule has 0 aromatic heterocycles. The number of hydrogen-bond acceptors (Lipinski definition) is 6. The predicted molar refractivity (Wildman–Crippen MR) is 67.7 cm³/mol. The fraction of sp³-hybridized carbons (Fsp3) is 0.917. The zero-order valence-corrected chi connectivity index (χ0v) is 11.8. The quantitative estimate of drug-likeness (QED) is 0.443. The van der Waals surface area contributed by atoms with Gasteiger partial charge in [-0.3, -0.25) is 4.79 Å². The molecule has 2 rings (SSSR count). The average Bonchev–Trinajstić information content (AvgIpc) is 2.72. The molecule has 0 aliphatic carbocycles. The standard InChI is InChI=1S/C12H19N3O5/c1-12(2)19-8(6-14-15-13)11(20-12)10-7(16)4-5-9(17-3)18-10/h8-11H,4-6H2,1-3H3/t8-,9+,10+,11+/m0/s1. The Bertz CT molecular complexity index is 421. The molecule has 2 heterocycles. The number of azide groups is 1. The van der Waals surface area contributed by atoms with E-state index < -0.39 is 30.4 Å². The number of carbonyl (C=O) groups is 1. The first kappa shape index (κ1) is 15.2. The van der Waals surface area contributed by atoms with Gasteiger partial charge in [0, 0.05) is 24.9 Å². The molecule has 4 atom stereocenters. The van der Waals surface area contributed by atoms with Gasteiger partial charge in [0.1, 0.15) is 12.2 Å². The van der Waals surface area contributed by atoms with Crippen LogP contribution in [-0.4, -0.2) is 49.8 Å². The molecule has 2 fully saturated rings. The van der Waals surface area contributed by atoms with E-state index >= 15 is 0 Å². The minimum Gasteiger partial charge on any atom is -0.356 e. The molecule has 8 nitrogen and oxygen atoms in total. The molecule has 112 valence electrons. The van der Waals surface area contributed by atoms with Gasteiger partial charge in [-0.2, -0.15) is 0 Å². The van der Waals surface area contributed by atoms with E-state index in [-0.39, 0.29) is 12.3 Å². The molecule has 0 N–H and O–H groups in total. The van der Waals surface area contributed by atoms with Gasteiger partial charge in [0.2, 0.25) is 0 Å². The van der Waals surface area contributed by atoms with E-state index in [0.717, 1.165) is 0 Å². The molecule has 0 bridgehead atoms. The highest BCUT2D eigenvalue weighted by molar-refractivity contribution is 5.84. The van der Waals surface area contributed by atoms with Gasteiger partial charge in [-0.05, 0) is 19.4 Å². The van der Waals surface area contributed by atoms with Gasteiger partial charge in [0.25, 0.3) is 0 Å². The van der Waals surface area contributed by atoms with Crippen LogP contribution in [-0.2, 0) is 23.7 Å². The van der Waals surface area contributed by atoms with Crippen LogP contribution in [0.2, 0.25) is 0 Å². The molecule has 0 spiro atoms. The van der Waals surface area contributed by atoms with E-state index in [2.05, 4.69) is 10.0 Å². The largest absolute Gasteiger partial charge is 0.356 e. The summed E-state index contributed by atoms with van der Waals surface area (Å²) in [7, 11) is 1.53. The third-order valence-corrected chi connectivity index (χ3v) is 3.35. The van der Waals surface area contributed by atoms with Crippen LogP contribution in [0.15, 0.2) is 5.11 Å². The molecule has 0 saturated carbocycles. The molecular weight excluding hydrogens is 266 g/mol. The summed E-state index contributed by atoms with van der Waals surface area (Å²) < 4.78 is 22.2. The van der Waals surface area contributed by atoms with Crippen LogP contribution in [0.5, 0.6) is 0 Å². The molecule has 0 aromatic rings.